The predicted molar refractivity (Wildman–Crippen MR) is 80.9 cm³/mol. The Bertz CT molecular complexity index is 389. The second kappa shape index (κ2) is 6.95. The molecular formula is C17H27NO. The molecule has 1 saturated carbocycles. The van der Waals surface area contributed by atoms with Crippen molar-refractivity contribution >= 4 is 0 Å². The van der Waals surface area contributed by atoms with Crippen LogP contribution in [0.5, 0.6) is 5.75 Å². The summed E-state index contributed by atoms with van der Waals surface area (Å²) in [6.45, 7) is 7.56. The minimum Gasteiger partial charge on any atom is -0.491 e. The summed E-state index contributed by atoms with van der Waals surface area (Å²) in [4.78, 5) is 0. The predicted octanol–water partition coefficient (Wildman–Crippen LogP) is 4.11. The summed E-state index contributed by atoms with van der Waals surface area (Å²) in [5.74, 6) is 1.74. The van der Waals surface area contributed by atoms with Crippen molar-refractivity contribution in [3.8, 4) is 5.75 Å². The lowest BCUT2D eigenvalue weighted by molar-refractivity contribution is 0.238. The number of ether oxygens (including phenoxy) is 1. The van der Waals surface area contributed by atoms with E-state index in [0.717, 1.165) is 12.3 Å². The lowest BCUT2D eigenvalue weighted by Crippen LogP contribution is -2.26. The van der Waals surface area contributed by atoms with Gasteiger partial charge in [-0.05, 0) is 63.6 Å². The molecule has 1 aliphatic carbocycles. The molecule has 0 aromatic heterocycles. The van der Waals surface area contributed by atoms with Crippen molar-refractivity contribution in [3.63, 3.8) is 0 Å². The van der Waals surface area contributed by atoms with Crippen molar-refractivity contribution in [1.29, 1.82) is 0 Å². The van der Waals surface area contributed by atoms with Gasteiger partial charge in [0.1, 0.15) is 5.75 Å². The van der Waals surface area contributed by atoms with Crippen LogP contribution in [0.1, 0.15) is 57.9 Å². The summed E-state index contributed by atoms with van der Waals surface area (Å²) in [5.41, 5.74) is 1.40. The summed E-state index contributed by atoms with van der Waals surface area (Å²) in [6.07, 6.45) is 5.28. The van der Waals surface area contributed by atoms with E-state index < -0.39 is 0 Å². The van der Waals surface area contributed by atoms with E-state index >= 15 is 0 Å². The third kappa shape index (κ3) is 3.97. The van der Waals surface area contributed by atoms with Crippen LogP contribution in [0.3, 0.4) is 0 Å². The van der Waals surface area contributed by atoms with Crippen LogP contribution >= 0.6 is 0 Å². The van der Waals surface area contributed by atoms with Gasteiger partial charge in [-0.25, -0.2) is 0 Å². The highest BCUT2D eigenvalue weighted by atomic mass is 16.5. The maximum atomic E-state index is 5.95. The normalized spacial score (nSPS) is 22.9. The monoisotopic (exact) mass is 261 g/mol. The average Bonchev–Trinajstić information content (AvgIpc) is 2.85. The van der Waals surface area contributed by atoms with E-state index in [1.54, 1.807) is 0 Å². The highest BCUT2D eigenvalue weighted by Gasteiger charge is 2.27. The van der Waals surface area contributed by atoms with Gasteiger partial charge in [-0.2, -0.15) is 0 Å². The van der Waals surface area contributed by atoms with Crippen molar-refractivity contribution in [2.45, 2.75) is 64.5 Å². The fourth-order valence-corrected chi connectivity index (χ4v) is 2.98. The molecular weight excluding hydrogens is 234 g/mol. The molecule has 19 heavy (non-hydrogen) atoms. The van der Waals surface area contributed by atoms with Crippen LogP contribution in [0.25, 0.3) is 0 Å². The molecule has 1 aliphatic rings. The second-order valence-corrected chi connectivity index (χ2v) is 5.87. The quantitative estimate of drug-likeness (QED) is 0.832. The van der Waals surface area contributed by atoms with E-state index in [4.69, 9.17) is 4.74 Å². The zero-order valence-electron chi connectivity index (χ0n) is 12.5. The van der Waals surface area contributed by atoms with Crippen molar-refractivity contribution in [3.05, 3.63) is 29.8 Å². The molecule has 1 aromatic rings. The second-order valence-electron chi connectivity index (χ2n) is 5.87. The number of hydrogen-bond donors (Lipinski definition) is 1. The summed E-state index contributed by atoms with van der Waals surface area (Å²) in [6, 6.07) is 9.25. The first-order valence-electron chi connectivity index (χ1n) is 7.69. The van der Waals surface area contributed by atoms with Gasteiger partial charge in [-0.15, -0.1) is 0 Å². The van der Waals surface area contributed by atoms with E-state index in [-0.39, 0.29) is 6.10 Å². The van der Waals surface area contributed by atoms with Crippen molar-refractivity contribution in [1.82, 2.24) is 5.32 Å². The molecule has 106 valence electrons. The third-order valence-corrected chi connectivity index (χ3v) is 3.84. The van der Waals surface area contributed by atoms with Gasteiger partial charge >= 0.3 is 0 Å². The van der Waals surface area contributed by atoms with Crippen LogP contribution in [-0.4, -0.2) is 18.7 Å². The standard InChI is InChI=1S/C17H27NO/c1-4-11-18-15-10-9-14(12-15)16-7-5-6-8-17(16)19-13(2)3/h5-8,13-15,18H,4,9-12H2,1-3H3. The molecule has 2 heteroatoms. The van der Waals surface area contributed by atoms with Crippen LogP contribution < -0.4 is 10.1 Å². The molecule has 0 bridgehead atoms. The van der Waals surface area contributed by atoms with E-state index in [1.807, 2.05) is 0 Å². The molecule has 2 nitrogen and oxygen atoms in total. The zero-order chi connectivity index (χ0) is 13.7. The molecule has 0 radical (unpaired) electrons. The van der Waals surface area contributed by atoms with Gasteiger partial charge in [0.2, 0.25) is 0 Å². The van der Waals surface area contributed by atoms with Gasteiger partial charge in [0, 0.05) is 6.04 Å². The molecule has 0 amide bonds. The Labute approximate surface area is 117 Å². The minimum absolute atomic E-state index is 0.247. The Balaban J connectivity index is 2.02. The van der Waals surface area contributed by atoms with Gasteiger partial charge in [0.15, 0.2) is 0 Å². The summed E-state index contributed by atoms with van der Waals surface area (Å²) >= 11 is 0. The lowest BCUT2D eigenvalue weighted by Gasteiger charge is -2.18. The molecule has 1 N–H and O–H groups in total. The molecule has 2 atom stereocenters. The number of nitrogens with one attached hydrogen (secondary N) is 1. The van der Waals surface area contributed by atoms with E-state index in [1.165, 1.54) is 31.2 Å². The fourth-order valence-electron chi connectivity index (χ4n) is 2.98. The maximum absolute atomic E-state index is 5.95. The molecule has 0 aliphatic heterocycles. The molecule has 2 unspecified atom stereocenters. The highest BCUT2D eigenvalue weighted by molar-refractivity contribution is 5.37. The van der Waals surface area contributed by atoms with Crippen LogP contribution in [0.15, 0.2) is 24.3 Å². The summed E-state index contributed by atoms with van der Waals surface area (Å²) in [7, 11) is 0. The molecule has 2 rings (SSSR count). The Morgan fingerprint density at radius 3 is 2.79 bits per heavy atom. The molecule has 0 spiro atoms. The number of benzene rings is 1. The van der Waals surface area contributed by atoms with Gasteiger partial charge in [-0.1, -0.05) is 25.1 Å². The number of rotatable bonds is 6. The van der Waals surface area contributed by atoms with Gasteiger partial charge < -0.3 is 10.1 Å². The molecule has 1 fully saturated rings. The SMILES string of the molecule is CCCNC1CCC(c2ccccc2OC(C)C)C1. The Morgan fingerprint density at radius 1 is 1.26 bits per heavy atom. The first-order chi connectivity index (χ1) is 9.20. The van der Waals surface area contributed by atoms with E-state index in [2.05, 4.69) is 50.4 Å². The highest BCUT2D eigenvalue weighted by Crippen LogP contribution is 2.39. The largest absolute Gasteiger partial charge is 0.491 e. The van der Waals surface area contributed by atoms with Gasteiger partial charge in [-0.3, -0.25) is 0 Å². The topological polar surface area (TPSA) is 21.3 Å². The Kier molecular flexibility index (Phi) is 5.26. The van der Waals surface area contributed by atoms with Crippen LogP contribution in [0, 0.1) is 0 Å². The zero-order valence-corrected chi connectivity index (χ0v) is 12.5. The molecule has 0 heterocycles. The maximum Gasteiger partial charge on any atom is 0.123 e. The smallest absolute Gasteiger partial charge is 0.123 e. The fraction of sp³-hybridized carbons (Fsp3) is 0.647. The third-order valence-electron chi connectivity index (χ3n) is 3.84. The van der Waals surface area contributed by atoms with Gasteiger partial charge in [0.05, 0.1) is 6.10 Å². The van der Waals surface area contributed by atoms with Crippen molar-refractivity contribution in [2.24, 2.45) is 0 Å². The number of para-hydroxylation sites is 1. The van der Waals surface area contributed by atoms with E-state index in [0.29, 0.717) is 12.0 Å². The molecule has 1 aromatic carbocycles. The van der Waals surface area contributed by atoms with Crippen LogP contribution in [0.4, 0.5) is 0 Å². The van der Waals surface area contributed by atoms with Crippen LogP contribution in [-0.2, 0) is 0 Å². The first-order valence-corrected chi connectivity index (χ1v) is 7.69. The van der Waals surface area contributed by atoms with Crippen molar-refractivity contribution < 1.29 is 4.74 Å². The van der Waals surface area contributed by atoms with Gasteiger partial charge in [0.25, 0.3) is 0 Å². The van der Waals surface area contributed by atoms with Crippen LogP contribution in [0.2, 0.25) is 0 Å². The number of hydrogen-bond acceptors (Lipinski definition) is 2. The minimum atomic E-state index is 0.247. The van der Waals surface area contributed by atoms with Crippen molar-refractivity contribution in [2.75, 3.05) is 6.54 Å². The Morgan fingerprint density at radius 2 is 2.05 bits per heavy atom. The first kappa shape index (κ1) is 14.4. The Hall–Kier alpha value is -1.02. The molecule has 0 saturated heterocycles. The summed E-state index contributed by atoms with van der Waals surface area (Å²) < 4.78 is 5.95. The lowest BCUT2D eigenvalue weighted by atomic mass is 9.96. The van der Waals surface area contributed by atoms with E-state index in [9.17, 15) is 0 Å². The summed E-state index contributed by atoms with van der Waals surface area (Å²) in [5, 5.41) is 3.65. The average molecular weight is 261 g/mol.